The largest absolute Gasteiger partial charge is 0.507 e. The predicted octanol–water partition coefficient (Wildman–Crippen LogP) is 5.63. The number of hydrogen-bond acceptors (Lipinski definition) is 4. The highest BCUT2D eigenvalue weighted by Gasteiger charge is 2.18. The van der Waals surface area contributed by atoms with Gasteiger partial charge < -0.3 is 15.0 Å². The average molecular weight is 476 g/mol. The Balaban J connectivity index is 1.50. The molecule has 0 spiro atoms. The minimum absolute atomic E-state index is 0.0223. The maximum Gasteiger partial charge on any atom is 0.257 e. The Morgan fingerprint density at radius 2 is 1.64 bits per heavy atom. The topological polar surface area (TPSA) is 86.3 Å². The number of carbonyl (C=O) groups excluding carboxylic acids is 1. The van der Waals surface area contributed by atoms with Crippen molar-refractivity contribution in [1.82, 2.24) is 14.9 Å². The molecular weight excluding hydrogens is 450 g/mol. The third-order valence-electron chi connectivity index (χ3n) is 6.24. The monoisotopic (exact) mass is 475 g/mol. The number of para-hydroxylation sites is 1. The van der Waals surface area contributed by atoms with Crippen molar-refractivity contribution in [1.29, 1.82) is 0 Å². The molecule has 5 rings (SSSR count). The number of nitrogens with zero attached hydrogens (tertiary/aromatic N) is 2. The number of rotatable bonds is 6. The number of fused-ring (bicyclic) bond motifs is 1. The molecule has 6 heteroatoms. The van der Waals surface area contributed by atoms with Gasteiger partial charge in [-0.2, -0.15) is 0 Å². The molecule has 2 aromatic heterocycles. The third-order valence-corrected chi connectivity index (χ3v) is 6.24. The normalized spacial score (nSPS) is 10.9. The fourth-order valence-electron chi connectivity index (χ4n) is 4.31. The van der Waals surface area contributed by atoms with Gasteiger partial charge in [0, 0.05) is 30.4 Å². The number of carbonyl (C=O) groups is 1. The predicted molar refractivity (Wildman–Crippen MR) is 142 cm³/mol. The van der Waals surface area contributed by atoms with Gasteiger partial charge in [-0.05, 0) is 42.3 Å². The van der Waals surface area contributed by atoms with Crippen LogP contribution in [-0.4, -0.2) is 32.4 Å². The van der Waals surface area contributed by atoms with E-state index in [9.17, 15) is 14.7 Å². The average Bonchev–Trinajstić information content (AvgIpc) is 2.92. The zero-order valence-electron chi connectivity index (χ0n) is 19.8. The van der Waals surface area contributed by atoms with Crippen molar-refractivity contribution in [3.63, 3.8) is 0 Å². The molecule has 2 N–H and O–H groups in total. The summed E-state index contributed by atoms with van der Waals surface area (Å²) >= 11 is 0. The van der Waals surface area contributed by atoms with Gasteiger partial charge >= 0.3 is 0 Å². The lowest BCUT2D eigenvalue weighted by molar-refractivity contribution is 0.0749. The van der Waals surface area contributed by atoms with Crippen LogP contribution in [0.2, 0.25) is 0 Å². The van der Waals surface area contributed by atoms with Gasteiger partial charge in [0.2, 0.25) is 0 Å². The number of aromatic amines is 1. The van der Waals surface area contributed by atoms with Gasteiger partial charge in [0.15, 0.2) is 0 Å². The van der Waals surface area contributed by atoms with E-state index >= 15 is 0 Å². The van der Waals surface area contributed by atoms with Gasteiger partial charge in [0.25, 0.3) is 11.5 Å². The summed E-state index contributed by atoms with van der Waals surface area (Å²) in [4.78, 5) is 34.7. The van der Waals surface area contributed by atoms with Crippen LogP contribution in [-0.2, 0) is 6.54 Å². The molecule has 0 aliphatic rings. The fourth-order valence-corrected chi connectivity index (χ4v) is 4.31. The Morgan fingerprint density at radius 3 is 2.36 bits per heavy atom. The first-order chi connectivity index (χ1) is 17.5. The molecule has 3 aromatic carbocycles. The van der Waals surface area contributed by atoms with Crippen LogP contribution in [0, 0.1) is 0 Å². The van der Waals surface area contributed by atoms with Crippen LogP contribution in [0.1, 0.15) is 22.8 Å². The number of nitrogens with one attached hydrogen (secondary N) is 1. The summed E-state index contributed by atoms with van der Waals surface area (Å²) in [6.07, 6.45) is 1.60. The maximum absolute atomic E-state index is 13.0. The second kappa shape index (κ2) is 9.88. The number of phenolic OH excluding ortho intramolecular Hbond substituents is 1. The quantitative estimate of drug-likeness (QED) is 0.334. The lowest BCUT2D eigenvalue weighted by atomic mass is 9.97. The highest BCUT2D eigenvalue weighted by molar-refractivity contribution is 5.96. The van der Waals surface area contributed by atoms with E-state index in [1.54, 1.807) is 35.4 Å². The highest BCUT2D eigenvalue weighted by atomic mass is 16.3. The molecule has 0 saturated carbocycles. The molecule has 36 heavy (non-hydrogen) atoms. The summed E-state index contributed by atoms with van der Waals surface area (Å²) in [7, 11) is 0. The molecule has 0 unspecified atom stereocenters. The summed E-state index contributed by atoms with van der Waals surface area (Å²) in [5, 5.41) is 10.6. The van der Waals surface area contributed by atoms with Crippen molar-refractivity contribution in [2.24, 2.45) is 0 Å². The number of hydrogen-bond donors (Lipinski definition) is 2. The number of aromatic hydroxyl groups is 1. The molecular formula is C30H25N3O3. The Hall–Kier alpha value is -4.71. The van der Waals surface area contributed by atoms with E-state index in [0.717, 1.165) is 27.9 Å². The van der Waals surface area contributed by atoms with Crippen molar-refractivity contribution in [2.75, 3.05) is 6.54 Å². The smallest absolute Gasteiger partial charge is 0.257 e. The standard InChI is InChI=1S/C30H25N3O3/c1-2-33(30(36)23-10-6-7-11-27(23)34)19-20-12-14-22(15-13-20)28-24(21-8-4-3-5-9-21)18-25-26(32-28)16-17-31-29(25)35/h3-18,34H,2,19H2,1H3,(H,31,35). The van der Waals surface area contributed by atoms with E-state index < -0.39 is 0 Å². The highest BCUT2D eigenvalue weighted by Crippen LogP contribution is 2.33. The van der Waals surface area contributed by atoms with Crippen molar-refractivity contribution in [3.8, 4) is 28.1 Å². The SMILES string of the molecule is CCN(Cc1ccc(-c2nc3cc[nH]c(=O)c3cc2-c2ccccc2)cc1)C(=O)c1ccccc1O. The molecule has 178 valence electrons. The van der Waals surface area contributed by atoms with E-state index in [1.165, 1.54) is 6.07 Å². The molecule has 0 fully saturated rings. The molecule has 0 bridgehead atoms. The first kappa shape index (κ1) is 23.1. The number of H-pyrrole nitrogens is 1. The number of aromatic nitrogens is 2. The molecule has 2 heterocycles. The van der Waals surface area contributed by atoms with E-state index in [1.807, 2.05) is 67.6 Å². The first-order valence-corrected chi connectivity index (χ1v) is 11.8. The Bertz CT molecular complexity index is 1590. The summed E-state index contributed by atoms with van der Waals surface area (Å²) in [5.41, 5.74) is 5.24. The summed E-state index contributed by atoms with van der Waals surface area (Å²) in [6.45, 7) is 2.84. The molecule has 0 aliphatic carbocycles. The van der Waals surface area contributed by atoms with Gasteiger partial charge in [-0.15, -0.1) is 0 Å². The van der Waals surface area contributed by atoms with Gasteiger partial charge in [-0.1, -0.05) is 66.7 Å². The van der Waals surface area contributed by atoms with E-state index in [4.69, 9.17) is 4.98 Å². The molecule has 6 nitrogen and oxygen atoms in total. The maximum atomic E-state index is 13.0. The molecule has 0 saturated heterocycles. The van der Waals surface area contributed by atoms with Crippen LogP contribution in [0.15, 0.2) is 102 Å². The molecule has 0 radical (unpaired) electrons. The minimum Gasteiger partial charge on any atom is -0.507 e. The number of benzene rings is 3. The third kappa shape index (κ3) is 4.49. The van der Waals surface area contributed by atoms with Crippen LogP contribution in [0.3, 0.4) is 0 Å². The molecule has 0 aliphatic heterocycles. The van der Waals surface area contributed by atoms with Crippen molar-refractivity contribution in [2.45, 2.75) is 13.5 Å². The van der Waals surface area contributed by atoms with Crippen LogP contribution in [0.4, 0.5) is 0 Å². The van der Waals surface area contributed by atoms with Crippen molar-refractivity contribution in [3.05, 3.63) is 119 Å². The molecule has 0 atom stereocenters. The van der Waals surface area contributed by atoms with Gasteiger partial charge in [-0.3, -0.25) is 9.59 Å². The van der Waals surface area contributed by atoms with Gasteiger partial charge in [0.05, 0.1) is 22.2 Å². The fraction of sp³-hybridized carbons (Fsp3) is 0.100. The van der Waals surface area contributed by atoms with E-state index in [-0.39, 0.29) is 17.2 Å². The lowest BCUT2D eigenvalue weighted by Gasteiger charge is -2.21. The van der Waals surface area contributed by atoms with Crippen molar-refractivity contribution < 1.29 is 9.90 Å². The second-order valence-corrected chi connectivity index (χ2v) is 8.52. The second-order valence-electron chi connectivity index (χ2n) is 8.52. The zero-order valence-corrected chi connectivity index (χ0v) is 19.8. The van der Waals surface area contributed by atoms with Crippen LogP contribution < -0.4 is 5.56 Å². The van der Waals surface area contributed by atoms with E-state index in [2.05, 4.69) is 4.98 Å². The lowest BCUT2D eigenvalue weighted by Crippen LogP contribution is -2.30. The number of phenols is 1. The Kier molecular flexibility index (Phi) is 6.33. The van der Waals surface area contributed by atoms with Gasteiger partial charge in [0.1, 0.15) is 5.75 Å². The van der Waals surface area contributed by atoms with Crippen LogP contribution >= 0.6 is 0 Å². The Labute approximate surface area is 208 Å². The first-order valence-electron chi connectivity index (χ1n) is 11.8. The summed E-state index contributed by atoms with van der Waals surface area (Å²) in [6, 6.07) is 28.1. The zero-order chi connectivity index (χ0) is 25.1. The number of pyridine rings is 2. The molecule has 5 aromatic rings. The summed E-state index contributed by atoms with van der Waals surface area (Å²) < 4.78 is 0. The number of amides is 1. The van der Waals surface area contributed by atoms with Crippen LogP contribution in [0.25, 0.3) is 33.3 Å². The van der Waals surface area contributed by atoms with Gasteiger partial charge in [-0.25, -0.2) is 4.98 Å². The Morgan fingerprint density at radius 1 is 0.917 bits per heavy atom. The molecule has 1 amide bonds. The minimum atomic E-state index is -0.215. The van der Waals surface area contributed by atoms with Crippen molar-refractivity contribution >= 4 is 16.8 Å². The summed E-state index contributed by atoms with van der Waals surface area (Å²) in [5.74, 6) is -0.238. The van der Waals surface area contributed by atoms with Crippen LogP contribution in [0.5, 0.6) is 5.75 Å². The van der Waals surface area contributed by atoms with E-state index in [0.29, 0.717) is 29.6 Å².